The van der Waals surface area contributed by atoms with Crippen molar-refractivity contribution in [2.45, 2.75) is 120 Å². The van der Waals surface area contributed by atoms with E-state index in [0.29, 0.717) is 5.92 Å². The molecule has 4 heterocycles. The van der Waals surface area contributed by atoms with Gasteiger partial charge in [0, 0.05) is 58.8 Å². The topological polar surface area (TPSA) is 6.48 Å². The van der Waals surface area contributed by atoms with Gasteiger partial charge in [-0.3, -0.25) is 0 Å². The van der Waals surface area contributed by atoms with E-state index in [1.165, 1.54) is 120 Å². The van der Waals surface area contributed by atoms with Gasteiger partial charge in [-0.15, -0.1) is 23.1 Å². The maximum atomic E-state index is 2.70. The normalized spacial score (nSPS) is 18.2. The van der Waals surface area contributed by atoms with Crippen LogP contribution in [0.2, 0.25) is 0 Å². The van der Waals surface area contributed by atoms with Crippen molar-refractivity contribution in [3.63, 3.8) is 0 Å². The minimum Gasteiger partial charge on any atom is -0.310 e. The Bertz CT molecular complexity index is 2660. The number of aryl methyl sites for hydroxylation is 3. The third-order valence-electron chi connectivity index (χ3n) is 14.1. The fourth-order valence-electron chi connectivity index (χ4n) is 11.3. The summed E-state index contributed by atoms with van der Waals surface area (Å²) in [6.07, 6.45) is 10.6. The highest BCUT2D eigenvalue weighted by molar-refractivity contribution is 8.03. The van der Waals surface area contributed by atoms with E-state index in [1.54, 1.807) is 5.56 Å². The summed E-state index contributed by atoms with van der Waals surface area (Å²) >= 11 is 4.24. The van der Waals surface area contributed by atoms with Gasteiger partial charge in [0.15, 0.2) is 0 Å². The van der Waals surface area contributed by atoms with Crippen molar-refractivity contribution in [2.24, 2.45) is 0 Å². The van der Waals surface area contributed by atoms with Crippen LogP contribution in [0.5, 0.6) is 0 Å². The van der Waals surface area contributed by atoms with Crippen LogP contribution in [0.4, 0.5) is 34.1 Å². The second-order valence-electron chi connectivity index (χ2n) is 18.6. The molecular weight excluding hydrogens is 776 g/mol. The number of para-hydroxylation sites is 2. The number of hydrogen-bond acceptors (Lipinski definition) is 4. The Hall–Kier alpha value is -4.71. The van der Waals surface area contributed by atoms with Crippen molar-refractivity contribution in [3.05, 3.63) is 161 Å². The van der Waals surface area contributed by atoms with Crippen LogP contribution < -0.4 is 20.0 Å². The fourth-order valence-corrected chi connectivity index (χ4v) is 14.6. The number of anilines is 6. The van der Waals surface area contributed by atoms with E-state index in [0.717, 1.165) is 19.3 Å². The van der Waals surface area contributed by atoms with Crippen molar-refractivity contribution in [2.75, 3.05) is 9.80 Å². The number of thiophene rings is 1. The molecule has 0 fully saturated rings. The van der Waals surface area contributed by atoms with Crippen molar-refractivity contribution in [1.29, 1.82) is 0 Å². The molecular formula is C56H59BN2S2. The number of unbranched alkanes of at least 4 members (excludes halogenated alkanes) is 3. The van der Waals surface area contributed by atoms with Crippen molar-refractivity contribution < 1.29 is 0 Å². The lowest BCUT2D eigenvalue weighted by molar-refractivity contribution is 0.385. The lowest BCUT2D eigenvalue weighted by atomic mass is 9.26. The maximum absolute atomic E-state index is 2.70. The van der Waals surface area contributed by atoms with Gasteiger partial charge in [-0.25, -0.2) is 0 Å². The van der Waals surface area contributed by atoms with Gasteiger partial charge in [-0.05, 0) is 144 Å². The highest BCUT2D eigenvalue weighted by Gasteiger charge is 2.64. The molecule has 2 unspecified atom stereocenters. The van der Waals surface area contributed by atoms with E-state index in [9.17, 15) is 0 Å². The summed E-state index contributed by atoms with van der Waals surface area (Å²) in [4.78, 5) is 6.66. The summed E-state index contributed by atoms with van der Waals surface area (Å²) in [6, 6.07) is 51.7. The van der Waals surface area contributed by atoms with Gasteiger partial charge in [-0.1, -0.05) is 128 Å². The maximum Gasteiger partial charge on any atom is 0.245 e. The standard InChI is InChI=1S/C56H59BN2S2/c1-7-10-19-38-26-30-43(31-27-38)59-48-37-44(58(41-22-15-13-16-23-41)42-24-17-14-18-25-42)36-47-51(48)57(54-52(59)45-34-39(20-11-8-2)28-32-49(45)60-54)56(6)53(55(47,4)5)46-35-40(21-12-9-3)29-33-50(46)61-56/h13-18,22-37,53H,7-12,19-21H2,1-6H3. The van der Waals surface area contributed by atoms with Gasteiger partial charge < -0.3 is 9.80 Å². The van der Waals surface area contributed by atoms with Crippen molar-refractivity contribution >= 4 is 84.3 Å². The number of thioether (sulfide) groups is 1. The Morgan fingerprint density at radius 2 is 1.21 bits per heavy atom. The lowest BCUT2D eigenvalue weighted by Gasteiger charge is -2.54. The monoisotopic (exact) mass is 834 g/mol. The van der Waals surface area contributed by atoms with Crippen LogP contribution >= 0.6 is 23.1 Å². The third kappa shape index (κ3) is 6.77. The Kier molecular flexibility index (Phi) is 10.7. The highest BCUT2D eigenvalue weighted by Crippen LogP contribution is 2.65. The molecule has 0 aliphatic carbocycles. The molecule has 3 aliphatic rings. The lowest BCUT2D eigenvalue weighted by Crippen LogP contribution is -2.68. The van der Waals surface area contributed by atoms with Gasteiger partial charge in [0.25, 0.3) is 0 Å². The summed E-state index contributed by atoms with van der Waals surface area (Å²) in [5.41, 5.74) is 16.3. The van der Waals surface area contributed by atoms with Crippen LogP contribution in [-0.2, 0) is 24.7 Å². The molecule has 0 saturated carbocycles. The Balaban J connectivity index is 1.29. The molecule has 2 atom stereocenters. The summed E-state index contributed by atoms with van der Waals surface area (Å²) in [5, 5.41) is 1.40. The first-order valence-corrected chi connectivity index (χ1v) is 24.7. The zero-order valence-corrected chi connectivity index (χ0v) is 38.6. The van der Waals surface area contributed by atoms with E-state index in [4.69, 9.17) is 0 Å². The smallest absolute Gasteiger partial charge is 0.245 e. The molecule has 3 aliphatic heterocycles. The van der Waals surface area contributed by atoms with Gasteiger partial charge in [0.1, 0.15) is 0 Å². The molecule has 0 amide bonds. The zero-order chi connectivity index (χ0) is 41.9. The predicted molar refractivity (Wildman–Crippen MR) is 269 cm³/mol. The summed E-state index contributed by atoms with van der Waals surface area (Å²) < 4.78 is 2.83. The van der Waals surface area contributed by atoms with Crippen LogP contribution in [0.3, 0.4) is 0 Å². The zero-order valence-electron chi connectivity index (χ0n) is 36.9. The molecule has 7 aromatic rings. The first-order chi connectivity index (χ1) is 29.7. The Morgan fingerprint density at radius 1 is 0.623 bits per heavy atom. The summed E-state index contributed by atoms with van der Waals surface area (Å²) in [7, 11) is 0. The number of benzene rings is 6. The van der Waals surface area contributed by atoms with Crippen LogP contribution in [-0.4, -0.2) is 11.4 Å². The van der Waals surface area contributed by atoms with Crippen LogP contribution in [0.15, 0.2) is 138 Å². The molecule has 0 saturated heterocycles. The first kappa shape index (κ1) is 40.4. The highest BCUT2D eigenvalue weighted by atomic mass is 32.2. The second kappa shape index (κ2) is 16.2. The molecule has 6 aromatic carbocycles. The van der Waals surface area contributed by atoms with E-state index in [-0.39, 0.29) is 16.8 Å². The molecule has 308 valence electrons. The van der Waals surface area contributed by atoms with Gasteiger partial charge in [-0.2, -0.15) is 0 Å². The van der Waals surface area contributed by atoms with Crippen LogP contribution in [0, 0.1) is 0 Å². The van der Waals surface area contributed by atoms with Gasteiger partial charge >= 0.3 is 0 Å². The van der Waals surface area contributed by atoms with E-state index < -0.39 is 0 Å². The first-order valence-electron chi connectivity index (χ1n) is 23.1. The van der Waals surface area contributed by atoms with E-state index in [1.807, 2.05) is 0 Å². The fraction of sp³-hybridized carbons (Fsp3) is 0.321. The number of hydrogen-bond donors (Lipinski definition) is 0. The predicted octanol–water partition coefficient (Wildman–Crippen LogP) is 15.3. The quantitative estimate of drug-likeness (QED) is 0.107. The third-order valence-corrected chi connectivity index (χ3v) is 16.9. The number of fused-ring (bicyclic) bond motifs is 8. The molecule has 0 spiro atoms. The molecule has 1 aromatic heterocycles. The minimum atomic E-state index is -0.163. The van der Waals surface area contributed by atoms with E-state index >= 15 is 0 Å². The average molecular weight is 835 g/mol. The molecule has 0 bridgehead atoms. The summed E-state index contributed by atoms with van der Waals surface area (Å²) in [5.74, 6) is 0.326. The summed E-state index contributed by atoms with van der Waals surface area (Å²) in [6.45, 7) is 14.9. The van der Waals surface area contributed by atoms with Crippen LogP contribution in [0.25, 0.3) is 10.1 Å². The number of rotatable bonds is 13. The molecule has 2 nitrogen and oxygen atoms in total. The van der Waals surface area contributed by atoms with Gasteiger partial charge in [0.05, 0.1) is 5.69 Å². The minimum absolute atomic E-state index is 0.0895. The van der Waals surface area contributed by atoms with Crippen LogP contribution in [0.1, 0.15) is 114 Å². The SMILES string of the molecule is CCCCc1ccc(N2c3cc(N(c4ccccc4)c4ccccc4)cc4c3B(c3sc5ccc(CCCC)cc5c32)C2(C)Sc3ccc(CCCC)cc3C2C4(C)C)cc1. The van der Waals surface area contributed by atoms with E-state index in [2.05, 4.69) is 208 Å². The molecule has 0 radical (unpaired) electrons. The molecule has 61 heavy (non-hydrogen) atoms. The molecule has 0 N–H and O–H groups in total. The average Bonchev–Trinajstić information content (AvgIpc) is 3.81. The molecule has 10 rings (SSSR count). The van der Waals surface area contributed by atoms with Gasteiger partial charge in [0.2, 0.25) is 6.71 Å². The number of nitrogens with zero attached hydrogens (tertiary/aromatic N) is 2. The Morgan fingerprint density at radius 3 is 1.85 bits per heavy atom. The second-order valence-corrected chi connectivity index (χ2v) is 21.2. The largest absolute Gasteiger partial charge is 0.310 e. The van der Waals surface area contributed by atoms with Crippen molar-refractivity contribution in [1.82, 2.24) is 0 Å². The Labute approximate surface area is 373 Å². The molecule has 5 heteroatoms. The van der Waals surface area contributed by atoms with Crippen molar-refractivity contribution in [3.8, 4) is 0 Å².